The molecule has 0 aliphatic heterocycles. The Balaban J connectivity index is 2.88. The van der Waals surface area contributed by atoms with E-state index in [9.17, 15) is 0 Å². The quantitative estimate of drug-likeness (QED) is 0.743. The van der Waals surface area contributed by atoms with Crippen LogP contribution in [0.1, 0.15) is 18.2 Å². The van der Waals surface area contributed by atoms with Crippen molar-refractivity contribution in [3.05, 3.63) is 41.9 Å². The van der Waals surface area contributed by atoms with Gasteiger partial charge in [-0.1, -0.05) is 12.7 Å². The van der Waals surface area contributed by atoms with E-state index in [0.717, 1.165) is 17.0 Å². The number of nitrogens with one attached hydrogen (secondary N) is 1. The predicted molar refractivity (Wildman–Crippen MR) is 59.1 cm³/mol. The van der Waals surface area contributed by atoms with Gasteiger partial charge in [0.1, 0.15) is 0 Å². The summed E-state index contributed by atoms with van der Waals surface area (Å²) in [5.41, 5.74) is 2.99. The molecular formula is C11H15N3. The van der Waals surface area contributed by atoms with Crippen molar-refractivity contribution in [1.82, 2.24) is 9.97 Å². The Morgan fingerprint density at radius 2 is 2.21 bits per heavy atom. The minimum absolute atomic E-state index is 0.612. The van der Waals surface area contributed by atoms with Gasteiger partial charge in [-0.25, -0.2) is 9.97 Å². The maximum Gasteiger partial charge on any atom is 0.227 e. The van der Waals surface area contributed by atoms with E-state index in [2.05, 4.69) is 21.9 Å². The molecule has 0 amide bonds. The van der Waals surface area contributed by atoms with E-state index in [1.165, 1.54) is 0 Å². The van der Waals surface area contributed by atoms with Gasteiger partial charge in [0.2, 0.25) is 5.95 Å². The van der Waals surface area contributed by atoms with Crippen molar-refractivity contribution in [3.63, 3.8) is 0 Å². The Kier molecular flexibility index (Phi) is 3.40. The smallest absolute Gasteiger partial charge is 0.227 e. The molecule has 1 heterocycles. The molecule has 3 nitrogen and oxygen atoms in total. The Labute approximate surface area is 84.6 Å². The Bertz CT molecular complexity index is 367. The van der Waals surface area contributed by atoms with Crippen molar-refractivity contribution >= 4 is 5.95 Å². The zero-order valence-electron chi connectivity index (χ0n) is 8.83. The molecule has 0 unspecified atom stereocenters. The van der Waals surface area contributed by atoms with Gasteiger partial charge in [0.25, 0.3) is 0 Å². The van der Waals surface area contributed by atoms with Crippen LogP contribution in [0.4, 0.5) is 5.95 Å². The van der Waals surface area contributed by atoms with Gasteiger partial charge in [0.15, 0.2) is 0 Å². The van der Waals surface area contributed by atoms with Crippen LogP contribution < -0.4 is 5.32 Å². The van der Waals surface area contributed by atoms with Gasteiger partial charge in [-0.05, 0) is 32.4 Å². The Morgan fingerprint density at radius 1 is 1.50 bits per heavy atom. The summed E-state index contributed by atoms with van der Waals surface area (Å²) in [6.45, 7) is 9.57. The monoisotopic (exact) mass is 189 g/mol. The maximum absolute atomic E-state index is 4.30. The van der Waals surface area contributed by atoms with Crippen molar-refractivity contribution in [2.45, 2.75) is 20.8 Å². The summed E-state index contributed by atoms with van der Waals surface area (Å²) in [5, 5.41) is 3.07. The van der Waals surface area contributed by atoms with E-state index in [4.69, 9.17) is 0 Å². The van der Waals surface area contributed by atoms with Crippen molar-refractivity contribution in [3.8, 4) is 0 Å². The zero-order chi connectivity index (χ0) is 10.6. The Hall–Kier alpha value is -1.64. The molecule has 74 valence electrons. The zero-order valence-corrected chi connectivity index (χ0v) is 8.83. The lowest BCUT2D eigenvalue weighted by molar-refractivity contribution is 1.06. The van der Waals surface area contributed by atoms with Crippen molar-refractivity contribution < 1.29 is 0 Å². The largest absolute Gasteiger partial charge is 0.325 e. The van der Waals surface area contributed by atoms with Crippen LogP contribution in [-0.4, -0.2) is 9.97 Å². The number of hydrogen-bond acceptors (Lipinski definition) is 3. The molecule has 14 heavy (non-hydrogen) atoms. The number of hydrogen-bond donors (Lipinski definition) is 1. The molecule has 1 rings (SSSR count). The van der Waals surface area contributed by atoms with Crippen LogP contribution in [-0.2, 0) is 0 Å². The summed E-state index contributed by atoms with van der Waals surface area (Å²) in [6.07, 6.45) is 5.46. The fourth-order valence-electron chi connectivity index (χ4n) is 0.958. The molecule has 1 aromatic rings. The first-order valence-corrected chi connectivity index (χ1v) is 4.53. The minimum Gasteiger partial charge on any atom is -0.325 e. The third-order valence-corrected chi connectivity index (χ3v) is 2.01. The number of aryl methyl sites for hydroxylation is 2. The highest BCUT2D eigenvalue weighted by molar-refractivity contribution is 5.39. The summed E-state index contributed by atoms with van der Waals surface area (Å²) in [5.74, 6) is 0.612. The second-order valence-corrected chi connectivity index (χ2v) is 3.04. The lowest BCUT2D eigenvalue weighted by Gasteiger charge is -2.06. The third kappa shape index (κ3) is 2.42. The van der Waals surface area contributed by atoms with Crippen LogP contribution >= 0.6 is 0 Å². The first kappa shape index (κ1) is 10.4. The lowest BCUT2D eigenvalue weighted by atomic mass is 10.3. The van der Waals surface area contributed by atoms with Crippen LogP contribution in [0.15, 0.2) is 30.6 Å². The number of nitrogens with zero attached hydrogens (tertiary/aromatic N) is 2. The normalized spacial score (nSPS) is 11.2. The average Bonchev–Trinajstić information content (AvgIpc) is 2.19. The second-order valence-electron chi connectivity index (χ2n) is 3.04. The van der Waals surface area contributed by atoms with E-state index in [-0.39, 0.29) is 0 Å². The first-order valence-electron chi connectivity index (χ1n) is 4.53. The molecule has 1 N–H and O–H groups in total. The van der Waals surface area contributed by atoms with E-state index < -0.39 is 0 Å². The molecule has 0 radical (unpaired) electrons. The molecule has 0 aliphatic rings. The highest BCUT2D eigenvalue weighted by atomic mass is 15.1. The van der Waals surface area contributed by atoms with Crippen LogP contribution in [0, 0.1) is 13.8 Å². The van der Waals surface area contributed by atoms with Gasteiger partial charge >= 0.3 is 0 Å². The third-order valence-electron chi connectivity index (χ3n) is 2.01. The summed E-state index contributed by atoms with van der Waals surface area (Å²) in [4.78, 5) is 8.46. The SMILES string of the molecule is C=C/C(=C\C)Nc1ncc(C)c(C)n1. The van der Waals surface area contributed by atoms with Crippen molar-refractivity contribution in [2.75, 3.05) is 5.32 Å². The molecular weight excluding hydrogens is 174 g/mol. The fraction of sp³-hybridized carbons (Fsp3) is 0.273. The van der Waals surface area contributed by atoms with Gasteiger partial charge in [-0.3, -0.25) is 0 Å². The summed E-state index contributed by atoms with van der Waals surface area (Å²) in [7, 11) is 0. The summed E-state index contributed by atoms with van der Waals surface area (Å²) >= 11 is 0. The lowest BCUT2D eigenvalue weighted by Crippen LogP contribution is -2.03. The molecule has 3 heteroatoms. The molecule has 0 saturated heterocycles. The summed E-state index contributed by atoms with van der Waals surface area (Å²) < 4.78 is 0. The molecule has 0 fully saturated rings. The van der Waals surface area contributed by atoms with Crippen LogP contribution in [0.2, 0.25) is 0 Å². The van der Waals surface area contributed by atoms with Gasteiger partial charge in [-0.15, -0.1) is 0 Å². The number of aromatic nitrogens is 2. The molecule has 1 aromatic heterocycles. The van der Waals surface area contributed by atoms with E-state index in [1.807, 2.05) is 26.8 Å². The molecule has 0 bridgehead atoms. The van der Waals surface area contributed by atoms with Gasteiger partial charge in [-0.2, -0.15) is 0 Å². The van der Waals surface area contributed by atoms with E-state index >= 15 is 0 Å². The predicted octanol–water partition coefficient (Wildman–Crippen LogP) is 2.60. The second kappa shape index (κ2) is 4.56. The number of allylic oxidation sites excluding steroid dienone is 2. The highest BCUT2D eigenvalue weighted by Gasteiger charge is 1.99. The number of rotatable bonds is 3. The van der Waals surface area contributed by atoms with Crippen LogP contribution in [0.3, 0.4) is 0 Å². The molecule has 0 spiro atoms. The molecule has 0 saturated carbocycles. The highest BCUT2D eigenvalue weighted by Crippen LogP contribution is 2.07. The average molecular weight is 189 g/mol. The minimum atomic E-state index is 0.612. The fourth-order valence-corrected chi connectivity index (χ4v) is 0.958. The van der Waals surface area contributed by atoms with Crippen molar-refractivity contribution in [2.24, 2.45) is 0 Å². The first-order chi connectivity index (χ1) is 6.67. The molecule has 0 aromatic carbocycles. The Morgan fingerprint density at radius 3 is 2.71 bits per heavy atom. The van der Waals surface area contributed by atoms with Gasteiger partial charge in [0, 0.05) is 17.6 Å². The number of anilines is 1. The molecule has 0 atom stereocenters. The van der Waals surface area contributed by atoms with Crippen LogP contribution in [0.5, 0.6) is 0 Å². The van der Waals surface area contributed by atoms with Gasteiger partial charge < -0.3 is 5.32 Å². The molecule has 0 aliphatic carbocycles. The van der Waals surface area contributed by atoms with Gasteiger partial charge in [0.05, 0.1) is 0 Å². The van der Waals surface area contributed by atoms with E-state index in [1.54, 1.807) is 12.3 Å². The van der Waals surface area contributed by atoms with Crippen LogP contribution in [0.25, 0.3) is 0 Å². The standard InChI is InChI=1S/C11H15N3/c1-5-10(6-2)14-11-12-7-8(3)9(4)13-11/h5-7H,1H2,2-4H3,(H,12,13,14)/b10-6+. The van der Waals surface area contributed by atoms with E-state index in [0.29, 0.717) is 5.95 Å². The maximum atomic E-state index is 4.30. The van der Waals surface area contributed by atoms with Crippen molar-refractivity contribution in [1.29, 1.82) is 0 Å². The topological polar surface area (TPSA) is 37.8 Å². The summed E-state index contributed by atoms with van der Waals surface area (Å²) in [6, 6.07) is 0.